The molecule has 0 aliphatic heterocycles. The van der Waals surface area contributed by atoms with Crippen LogP contribution in [0, 0.1) is 13.8 Å². The van der Waals surface area contributed by atoms with Crippen LogP contribution in [0.25, 0.3) is 44.5 Å². The molecule has 0 saturated carbocycles. The zero-order valence-corrected chi connectivity index (χ0v) is 39.1. The lowest BCUT2D eigenvalue weighted by atomic mass is 10.1. The van der Waals surface area contributed by atoms with Crippen LogP contribution in [0.4, 0.5) is 4.79 Å². The molecule has 0 fully saturated rings. The first-order valence-electron chi connectivity index (χ1n) is 22.4. The number of carboxylic acid groups (broad SMARTS) is 1. The lowest BCUT2D eigenvalue weighted by Gasteiger charge is -2.13. The molecule has 0 unspecified atom stereocenters. The Morgan fingerprint density at radius 2 is 1.41 bits per heavy atom. The molecule has 0 atom stereocenters. The summed E-state index contributed by atoms with van der Waals surface area (Å²) in [5, 5.41) is 24.1. The molecule has 5 heterocycles. The van der Waals surface area contributed by atoms with Crippen LogP contribution in [0.2, 0.25) is 0 Å². The topological polar surface area (TPSA) is 294 Å². The number of methoxy groups -OCH3 is 1. The van der Waals surface area contributed by atoms with Gasteiger partial charge < -0.3 is 50.6 Å². The number of amides is 4. The van der Waals surface area contributed by atoms with E-state index in [4.69, 9.17) is 45.7 Å². The highest BCUT2D eigenvalue weighted by Crippen LogP contribution is 2.37. The minimum atomic E-state index is -1.18. The predicted octanol–water partition coefficient (Wildman–Crippen LogP) is 4.10. The van der Waals surface area contributed by atoms with Crippen molar-refractivity contribution in [1.82, 2.24) is 54.3 Å². The summed E-state index contributed by atoms with van der Waals surface area (Å²) in [7, 11) is 1.61. The van der Waals surface area contributed by atoms with Gasteiger partial charge in [0.15, 0.2) is 11.6 Å². The van der Waals surface area contributed by atoms with Gasteiger partial charge in [0.25, 0.3) is 0 Å². The number of imidazole rings is 1. The summed E-state index contributed by atoms with van der Waals surface area (Å²) in [4.78, 5) is 76.9. The third-order valence-electron chi connectivity index (χ3n) is 11.1. The Bertz CT molecular complexity index is 3110. The van der Waals surface area contributed by atoms with Gasteiger partial charge in [0.05, 0.1) is 42.1 Å². The van der Waals surface area contributed by atoms with Crippen molar-refractivity contribution in [3.8, 4) is 23.0 Å². The molecule has 0 aliphatic carbocycles. The van der Waals surface area contributed by atoms with Gasteiger partial charge in [0.1, 0.15) is 46.4 Å². The van der Waals surface area contributed by atoms with Crippen molar-refractivity contribution >= 4 is 62.6 Å². The lowest BCUT2D eigenvalue weighted by Crippen LogP contribution is -2.39. The second-order valence-corrected chi connectivity index (χ2v) is 16.1. The molecule has 2 aromatic carbocycles. The number of nitrogens with two attached hydrogens (primary N) is 2. The van der Waals surface area contributed by atoms with Crippen molar-refractivity contribution in [3.63, 3.8) is 0 Å². The number of urea groups is 1. The van der Waals surface area contributed by atoms with Crippen LogP contribution < -0.4 is 31.6 Å². The highest BCUT2D eigenvalue weighted by atomic mass is 16.5. The first kappa shape index (κ1) is 48.8. The van der Waals surface area contributed by atoms with E-state index in [-0.39, 0.29) is 55.3 Å². The number of aromatic nitrogens is 9. The van der Waals surface area contributed by atoms with Gasteiger partial charge in [-0.25, -0.2) is 19.7 Å². The van der Waals surface area contributed by atoms with E-state index in [2.05, 4.69) is 20.8 Å². The standard InChI is InChI=1S/C47H55N13O9/c1-6-59-34(18-27(3)55-59)36(61)24-39-53-33-21-30(44(49)65)23-38(68-16-10-12-50-47(66)52-26-40(62)63)42(33)57(39)13-8-9-14-58-41-31(20-29(43(48)64)22-37(41)69-17-11-15-67-5)32-25-51-45(54-46(32)58)35-19-28(4)56-60(35)7-2/h8-9,18-23,25H,6-7,10-17,24,26H2,1-5H3,(H2,48,64)(H2,49,65)(H,62,63)(H2,50,52,66)/b9-8+. The van der Waals surface area contributed by atoms with Crippen LogP contribution in [0.15, 0.2) is 54.7 Å². The lowest BCUT2D eigenvalue weighted by molar-refractivity contribution is -0.135. The molecule has 5 aromatic heterocycles. The van der Waals surface area contributed by atoms with Crippen LogP contribution in [-0.2, 0) is 42.1 Å². The number of primary amides is 2. The number of Topliss-reactive ketones (excluding diaryl/α,β-unsaturated/α-hetero) is 1. The van der Waals surface area contributed by atoms with E-state index in [1.54, 1.807) is 42.3 Å². The molecular formula is C47H55N13O9. The summed E-state index contributed by atoms with van der Waals surface area (Å²) >= 11 is 0. The summed E-state index contributed by atoms with van der Waals surface area (Å²) in [5.41, 5.74) is 16.7. The number of carbonyl (C=O) groups excluding carboxylic acids is 4. The first-order chi connectivity index (χ1) is 33.2. The summed E-state index contributed by atoms with van der Waals surface area (Å²) < 4.78 is 25.1. The zero-order valence-electron chi connectivity index (χ0n) is 39.1. The van der Waals surface area contributed by atoms with E-state index in [1.807, 2.05) is 59.7 Å². The number of nitrogens with one attached hydrogen (secondary N) is 2. The Morgan fingerprint density at radius 3 is 2.09 bits per heavy atom. The maximum atomic E-state index is 14.0. The number of carbonyl (C=O) groups is 5. The van der Waals surface area contributed by atoms with Gasteiger partial charge in [-0.2, -0.15) is 10.2 Å². The van der Waals surface area contributed by atoms with Gasteiger partial charge in [-0.1, -0.05) is 12.2 Å². The summed E-state index contributed by atoms with van der Waals surface area (Å²) in [6, 6.07) is 9.40. The number of allylic oxidation sites excluding steroid dienone is 2. The molecule has 0 aliphatic rings. The predicted molar refractivity (Wildman–Crippen MR) is 254 cm³/mol. The molecule has 7 aromatic rings. The van der Waals surface area contributed by atoms with Gasteiger partial charge in [-0.05, 0) is 70.5 Å². The van der Waals surface area contributed by atoms with E-state index in [1.165, 1.54) is 6.07 Å². The fourth-order valence-corrected chi connectivity index (χ4v) is 8.01. The third-order valence-corrected chi connectivity index (χ3v) is 11.1. The number of ketones is 1. The van der Waals surface area contributed by atoms with Crippen molar-refractivity contribution < 1.29 is 43.3 Å². The highest BCUT2D eigenvalue weighted by Gasteiger charge is 2.24. The fraction of sp³-hybridized carbons (Fsp3) is 0.362. The van der Waals surface area contributed by atoms with E-state index in [9.17, 15) is 24.0 Å². The van der Waals surface area contributed by atoms with Gasteiger partial charge in [0, 0.05) is 81.0 Å². The molecule has 4 amide bonds. The minimum Gasteiger partial charge on any atom is -0.491 e. The number of benzene rings is 2. The van der Waals surface area contributed by atoms with E-state index in [0.717, 1.165) is 11.4 Å². The molecule has 69 heavy (non-hydrogen) atoms. The Morgan fingerprint density at radius 1 is 0.754 bits per heavy atom. The van der Waals surface area contributed by atoms with E-state index in [0.29, 0.717) is 101 Å². The van der Waals surface area contributed by atoms with Crippen LogP contribution in [-0.4, -0.2) is 118 Å². The number of carboxylic acids is 1. The monoisotopic (exact) mass is 945 g/mol. The molecule has 22 nitrogen and oxygen atoms in total. The zero-order chi connectivity index (χ0) is 49.4. The van der Waals surface area contributed by atoms with Crippen LogP contribution >= 0.6 is 0 Å². The molecule has 7 N–H and O–H groups in total. The highest BCUT2D eigenvalue weighted by molar-refractivity contribution is 6.12. The number of rotatable bonds is 24. The Hall–Kier alpha value is -8.14. The van der Waals surface area contributed by atoms with Crippen molar-refractivity contribution in [1.29, 1.82) is 0 Å². The molecular weight excluding hydrogens is 891 g/mol. The van der Waals surface area contributed by atoms with Crippen LogP contribution in [0.3, 0.4) is 0 Å². The van der Waals surface area contributed by atoms with Gasteiger partial charge in [-0.15, -0.1) is 0 Å². The average molecular weight is 946 g/mol. The number of hydrogen-bond donors (Lipinski definition) is 5. The quantitative estimate of drug-likeness (QED) is 0.0324. The Kier molecular flexibility index (Phi) is 15.3. The Balaban J connectivity index is 1.30. The Labute approximate surface area is 395 Å². The normalized spacial score (nSPS) is 11.6. The molecule has 7 rings (SSSR count). The van der Waals surface area contributed by atoms with Gasteiger partial charge in [0.2, 0.25) is 11.8 Å². The van der Waals surface area contributed by atoms with Crippen molar-refractivity contribution in [3.05, 3.63) is 88.8 Å². The largest absolute Gasteiger partial charge is 0.491 e. The molecule has 22 heteroatoms. The number of hydrogen-bond acceptors (Lipinski definition) is 13. The average Bonchev–Trinajstić information content (AvgIpc) is 4.08. The van der Waals surface area contributed by atoms with Gasteiger partial charge >= 0.3 is 12.0 Å². The van der Waals surface area contributed by atoms with Crippen molar-refractivity contribution in [2.45, 2.75) is 73.1 Å². The van der Waals surface area contributed by atoms with E-state index >= 15 is 0 Å². The number of nitrogens with zero attached hydrogens (tertiary/aromatic N) is 9. The number of aryl methyl sites for hydroxylation is 4. The minimum absolute atomic E-state index is 0.0738. The third kappa shape index (κ3) is 11.0. The second-order valence-electron chi connectivity index (χ2n) is 16.1. The van der Waals surface area contributed by atoms with Crippen molar-refractivity contribution in [2.24, 2.45) is 11.5 Å². The summed E-state index contributed by atoms with van der Waals surface area (Å²) in [6.07, 6.45) is 6.34. The number of ether oxygens (including phenoxy) is 3. The summed E-state index contributed by atoms with van der Waals surface area (Å²) in [5.74, 6) is -1.23. The fourth-order valence-electron chi connectivity index (χ4n) is 8.01. The summed E-state index contributed by atoms with van der Waals surface area (Å²) in [6.45, 7) is 9.56. The molecule has 362 valence electrons. The maximum Gasteiger partial charge on any atom is 0.323 e. The van der Waals surface area contributed by atoms with Gasteiger partial charge in [-0.3, -0.25) is 28.5 Å². The molecule has 0 spiro atoms. The maximum absolute atomic E-state index is 14.0. The number of fused-ring (bicyclic) bond motifs is 4. The van der Waals surface area contributed by atoms with Crippen molar-refractivity contribution in [2.75, 3.05) is 40.0 Å². The molecule has 0 saturated heterocycles. The van der Waals surface area contributed by atoms with E-state index < -0.39 is 30.4 Å². The SMILES string of the molecule is CCn1nc(C)cc1C(=O)Cc1nc2cc(C(N)=O)cc(OCCCNC(=O)NCC(=O)O)c2n1C/C=C/Cn1c2nc(-c3cc(C)nn3CC)ncc2c2cc(C(N)=O)cc(OCCCOC)c21. The first-order valence-corrected chi connectivity index (χ1v) is 22.4. The second kappa shape index (κ2) is 21.7. The van der Waals surface area contributed by atoms with Crippen LogP contribution in [0.1, 0.15) is 75.1 Å². The molecule has 0 bridgehead atoms. The smallest absolute Gasteiger partial charge is 0.323 e. The number of aliphatic carboxylic acids is 1. The van der Waals surface area contributed by atoms with Crippen LogP contribution in [0.5, 0.6) is 11.5 Å². The molecule has 0 radical (unpaired) electrons.